The van der Waals surface area contributed by atoms with Crippen LogP contribution in [0, 0.1) is 0 Å². The number of benzene rings is 1. The summed E-state index contributed by atoms with van der Waals surface area (Å²) < 4.78 is 7.70. The van der Waals surface area contributed by atoms with Gasteiger partial charge in [-0.25, -0.2) is 0 Å². The van der Waals surface area contributed by atoms with Crippen molar-refractivity contribution in [2.75, 3.05) is 13.2 Å². The molecule has 1 unspecified atom stereocenters. The smallest absolute Gasteiger partial charge is 0.0645 e. The average molecular weight is 246 g/mol. The lowest BCUT2D eigenvalue weighted by atomic mass is 10.1. The summed E-state index contributed by atoms with van der Waals surface area (Å²) in [5, 5.41) is 1.31. The van der Waals surface area contributed by atoms with Gasteiger partial charge in [0, 0.05) is 36.3 Å². The zero-order valence-corrected chi connectivity index (χ0v) is 11.2. The summed E-state index contributed by atoms with van der Waals surface area (Å²) >= 11 is 0. The predicted molar refractivity (Wildman–Crippen MR) is 75.8 cm³/mol. The van der Waals surface area contributed by atoms with E-state index in [0.29, 0.717) is 0 Å². The van der Waals surface area contributed by atoms with E-state index in [1.165, 1.54) is 16.5 Å². The number of ether oxygens (including phenoxy) is 1. The van der Waals surface area contributed by atoms with Crippen LogP contribution in [-0.4, -0.2) is 23.8 Å². The van der Waals surface area contributed by atoms with Crippen molar-refractivity contribution >= 4 is 10.9 Å². The van der Waals surface area contributed by atoms with Gasteiger partial charge >= 0.3 is 0 Å². The molecule has 2 N–H and O–H groups in total. The van der Waals surface area contributed by atoms with E-state index in [1.807, 2.05) is 13.8 Å². The molecule has 0 fully saturated rings. The molecule has 1 heterocycles. The Morgan fingerprint density at radius 1 is 1.33 bits per heavy atom. The first-order valence-electron chi connectivity index (χ1n) is 6.62. The van der Waals surface area contributed by atoms with Crippen LogP contribution in [-0.2, 0) is 17.7 Å². The summed E-state index contributed by atoms with van der Waals surface area (Å²) in [5.74, 6) is 0. The summed E-state index contributed by atoms with van der Waals surface area (Å²) in [5.41, 5.74) is 8.51. The van der Waals surface area contributed by atoms with Crippen molar-refractivity contribution < 1.29 is 4.74 Å². The first-order valence-corrected chi connectivity index (χ1v) is 6.62. The highest BCUT2D eigenvalue weighted by Gasteiger charge is 2.09. The van der Waals surface area contributed by atoms with E-state index < -0.39 is 0 Å². The number of nitrogens with two attached hydrogens (primary N) is 1. The molecule has 0 aliphatic rings. The minimum absolute atomic E-state index is 0.191. The van der Waals surface area contributed by atoms with E-state index >= 15 is 0 Å². The number of aromatic nitrogens is 1. The third-order valence-electron chi connectivity index (χ3n) is 3.09. The normalized spacial score (nSPS) is 13.1. The average Bonchev–Trinajstić information content (AvgIpc) is 2.68. The van der Waals surface area contributed by atoms with E-state index in [-0.39, 0.29) is 6.04 Å². The van der Waals surface area contributed by atoms with Crippen LogP contribution < -0.4 is 5.73 Å². The van der Waals surface area contributed by atoms with Crippen LogP contribution in [0.2, 0.25) is 0 Å². The minimum atomic E-state index is 0.191. The minimum Gasteiger partial charge on any atom is -0.380 e. The second kappa shape index (κ2) is 6.03. The molecule has 3 nitrogen and oxygen atoms in total. The molecular weight excluding hydrogens is 224 g/mol. The second-order valence-corrected chi connectivity index (χ2v) is 4.74. The number of rotatable bonds is 6. The molecule has 1 aromatic carbocycles. The molecule has 0 radical (unpaired) electrons. The fraction of sp³-hybridized carbons (Fsp3) is 0.467. The molecule has 0 saturated heterocycles. The molecule has 0 bridgehead atoms. The lowest BCUT2D eigenvalue weighted by Gasteiger charge is -2.04. The van der Waals surface area contributed by atoms with Gasteiger partial charge < -0.3 is 15.0 Å². The van der Waals surface area contributed by atoms with E-state index in [4.69, 9.17) is 10.5 Å². The van der Waals surface area contributed by atoms with Crippen molar-refractivity contribution in [2.45, 2.75) is 32.9 Å². The van der Waals surface area contributed by atoms with Gasteiger partial charge in [0.2, 0.25) is 0 Å². The molecule has 0 aliphatic carbocycles. The number of hydrogen-bond donors (Lipinski definition) is 1. The second-order valence-electron chi connectivity index (χ2n) is 4.74. The molecule has 0 spiro atoms. The van der Waals surface area contributed by atoms with Crippen molar-refractivity contribution in [1.82, 2.24) is 4.57 Å². The molecule has 0 saturated carbocycles. The Morgan fingerprint density at radius 2 is 2.11 bits per heavy atom. The highest BCUT2D eigenvalue weighted by Crippen LogP contribution is 2.22. The Bertz CT molecular complexity index is 502. The number of nitrogens with zero attached hydrogens (tertiary/aromatic N) is 1. The molecule has 2 aromatic rings. The van der Waals surface area contributed by atoms with Crippen molar-refractivity contribution in [3.8, 4) is 0 Å². The zero-order valence-electron chi connectivity index (χ0n) is 11.2. The van der Waals surface area contributed by atoms with Crippen molar-refractivity contribution in [2.24, 2.45) is 5.73 Å². The number of fused-ring (bicyclic) bond motifs is 1. The van der Waals surface area contributed by atoms with Gasteiger partial charge in [-0.1, -0.05) is 18.2 Å². The Kier molecular flexibility index (Phi) is 4.39. The van der Waals surface area contributed by atoms with Crippen molar-refractivity contribution in [3.63, 3.8) is 0 Å². The van der Waals surface area contributed by atoms with Gasteiger partial charge in [0.25, 0.3) is 0 Å². The van der Waals surface area contributed by atoms with Crippen LogP contribution in [0.3, 0.4) is 0 Å². The van der Waals surface area contributed by atoms with Crippen LogP contribution >= 0.6 is 0 Å². The molecule has 18 heavy (non-hydrogen) atoms. The Balaban J connectivity index is 2.29. The molecule has 1 atom stereocenters. The van der Waals surface area contributed by atoms with Gasteiger partial charge in [0.1, 0.15) is 0 Å². The molecule has 0 aliphatic heterocycles. The molecular formula is C15H22N2O. The molecule has 2 rings (SSSR count). The van der Waals surface area contributed by atoms with Gasteiger partial charge in [-0.05, 0) is 31.9 Å². The van der Waals surface area contributed by atoms with Crippen LogP contribution in [0.5, 0.6) is 0 Å². The van der Waals surface area contributed by atoms with Crippen LogP contribution in [0.25, 0.3) is 10.9 Å². The van der Waals surface area contributed by atoms with Crippen molar-refractivity contribution in [1.29, 1.82) is 0 Å². The summed E-state index contributed by atoms with van der Waals surface area (Å²) in [6.45, 7) is 6.49. The van der Waals surface area contributed by atoms with Crippen LogP contribution in [0.1, 0.15) is 19.4 Å². The third-order valence-corrected chi connectivity index (χ3v) is 3.09. The van der Waals surface area contributed by atoms with Crippen molar-refractivity contribution in [3.05, 3.63) is 36.0 Å². The first kappa shape index (κ1) is 13.1. The SMILES string of the molecule is CCOCCn1cc(CC(C)N)c2ccccc21. The predicted octanol–water partition coefficient (Wildman–Crippen LogP) is 2.57. The van der Waals surface area contributed by atoms with Gasteiger partial charge in [0.05, 0.1) is 6.61 Å². The lowest BCUT2D eigenvalue weighted by molar-refractivity contribution is 0.140. The first-order chi connectivity index (χ1) is 8.72. The molecule has 98 valence electrons. The maximum atomic E-state index is 5.91. The Labute approximate surface area is 109 Å². The topological polar surface area (TPSA) is 40.2 Å². The fourth-order valence-electron chi connectivity index (χ4n) is 2.32. The van der Waals surface area contributed by atoms with Gasteiger partial charge in [-0.15, -0.1) is 0 Å². The lowest BCUT2D eigenvalue weighted by Crippen LogP contribution is -2.17. The highest BCUT2D eigenvalue weighted by molar-refractivity contribution is 5.84. The maximum absolute atomic E-state index is 5.91. The quantitative estimate of drug-likeness (QED) is 0.796. The van der Waals surface area contributed by atoms with Gasteiger partial charge in [-0.2, -0.15) is 0 Å². The summed E-state index contributed by atoms with van der Waals surface area (Å²) in [4.78, 5) is 0. The largest absolute Gasteiger partial charge is 0.380 e. The molecule has 0 amide bonds. The Hall–Kier alpha value is -1.32. The highest BCUT2D eigenvalue weighted by atomic mass is 16.5. The van der Waals surface area contributed by atoms with Gasteiger partial charge in [0.15, 0.2) is 0 Å². The van der Waals surface area contributed by atoms with E-state index in [9.17, 15) is 0 Å². The molecule has 1 aromatic heterocycles. The third kappa shape index (κ3) is 2.92. The maximum Gasteiger partial charge on any atom is 0.0645 e. The summed E-state index contributed by atoms with van der Waals surface area (Å²) in [6, 6.07) is 8.68. The van der Waals surface area contributed by atoms with Crippen LogP contribution in [0.15, 0.2) is 30.5 Å². The monoisotopic (exact) mass is 246 g/mol. The van der Waals surface area contributed by atoms with Gasteiger partial charge in [-0.3, -0.25) is 0 Å². The zero-order chi connectivity index (χ0) is 13.0. The number of para-hydroxylation sites is 1. The molecule has 3 heteroatoms. The van der Waals surface area contributed by atoms with Crippen LogP contribution in [0.4, 0.5) is 0 Å². The fourth-order valence-corrected chi connectivity index (χ4v) is 2.32. The van der Waals surface area contributed by atoms with E-state index in [1.54, 1.807) is 0 Å². The Morgan fingerprint density at radius 3 is 2.83 bits per heavy atom. The summed E-state index contributed by atoms with van der Waals surface area (Å²) in [6.07, 6.45) is 3.13. The number of hydrogen-bond acceptors (Lipinski definition) is 2. The standard InChI is InChI=1S/C15H22N2O/c1-3-18-9-8-17-11-13(10-12(2)16)14-6-4-5-7-15(14)17/h4-7,11-12H,3,8-10,16H2,1-2H3. The summed E-state index contributed by atoms with van der Waals surface area (Å²) in [7, 11) is 0. The van der Waals surface area contributed by atoms with E-state index in [0.717, 1.165) is 26.2 Å². The van der Waals surface area contributed by atoms with E-state index in [2.05, 4.69) is 35.0 Å².